The molecule has 0 atom stereocenters. The summed E-state index contributed by atoms with van der Waals surface area (Å²) in [4.78, 5) is 15.4. The standard InChI is InChI=1S/C25H32N4O3S2/c26-25(30)22-14-19(18-7-11-33-16-18)13-21-23(15-28-24(21)22)17-5-9-29(10-6-17)34(31,32)12-8-27-20-3-1-2-4-20/h7,11,13-17,20,27-28H,1-6,8-10,12H2,(H2,26,30). The molecule has 1 saturated heterocycles. The van der Waals surface area contributed by atoms with E-state index in [4.69, 9.17) is 5.73 Å². The van der Waals surface area contributed by atoms with Crippen LogP contribution < -0.4 is 11.1 Å². The van der Waals surface area contributed by atoms with E-state index in [2.05, 4.69) is 21.7 Å². The Morgan fingerprint density at radius 1 is 1.15 bits per heavy atom. The molecule has 1 saturated carbocycles. The molecule has 2 aliphatic rings. The molecular weight excluding hydrogens is 468 g/mol. The van der Waals surface area contributed by atoms with Crippen LogP contribution in [0.3, 0.4) is 0 Å². The summed E-state index contributed by atoms with van der Waals surface area (Å²) < 4.78 is 27.4. The number of benzene rings is 1. The van der Waals surface area contributed by atoms with Gasteiger partial charge in [0.2, 0.25) is 10.0 Å². The molecule has 1 aliphatic carbocycles. The van der Waals surface area contributed by atoms with Crippen LogP contribution in [0.25, 0.3) is 22.0 Å². The third-order valence-corrected chi connectivity index (χ3v) is 9.93. The average Bonchev–Trinajstić information content (AvgIpc) is 3.60. The van der Waals surface area contributed by atoms with Gasteiger partial charge in [0.05, 0.1) is 16.8 Å². The second-order valence-electron chi connectivity index (χ2n) is 9.49. The van der Waals surface area contributed by atoms with Gasteiger partial charge in [0.15, 0.2) is 0 Å². The number of piperidine rings is 1. The maximum atomic E-state index is 12.9. The van der Waals surface area contributed by atoms with E-state index in [-0.39, 0.29) is 11.7 Å². The highest BCUT2D eigenvalue weighted by atomic mass is 32.2. The number of hydrogen-bond acceptors (Lipinski definition) is 5. The highest BCUT2D eigenvalue weighted by Crippen LogP contribution is 2.37. The molecule has 3 aromatic rings. The van der Waals surface area contributed by atoms with Crippen LogP contribution in [0, 0.1) is 0 Å². The molecule has 9 heteroatoms. The van der Waals surface area contributed by atoms with Crippen molar-refractivity contribution in [3.05, 3.63) is 46.3 Å². The van der Waals surface area contributed by atoms with Crippen molar-refractivity contribution < 1.29 is 13.2 Å². The normalized spacial score (nSPS) is 18.7. The number of primary amides is 1. The van der Waals surface area contributed by atoms with Crippen LogP contribution in [0.2, 0.25) is 0 Å². The lowest BCUT2D eigenvalue weighted by molar-refractivity contribution is 0.100. The Hall–Kier alpha value is -2.20. The number of rotatable bonds is 8. The first-order valence-electron chi connectivity index (χ1n) is 12.1. The summed E-state index contributed by atoms with van der Waals surface area (Å²) in [5.41, 5.74) is 10.1. The zero-order valence-electron chi connectivity index (χ0n) is 19.3. The lowest BCUT2D eigenvalue weighted by Gasteiger charge is -2.31. The number of sulfonamides is 1. The number of aromatic nitrogens is 1. The first-order chi connectivity index (χ1) is 16.4. The van der Waals surface area contributed by atoms with Gasteiger partial charge < -0.3 is 16.0 Å². The molecule has 1 aromatic carbocycles. The first kappa shape index (κ1) is 23.5. The lowest BCUT2D eigenvalue weighted by Crippen LogP contribution is -2.42. The second-order valence-corrected chi connectivity index (χ2v) is 12.4. The van der Waals surface area contributed by atoms with Crippen LogP contribution in [0.5, 0.6) is 0 Å². The first-order valence-corrected chi connectivity index (χ1v) is 14.7. The molecule has 0 spiro atoms. The number of nitrogens with zero attached hydrogens (tertiary/aromatic N) is 1. The number of hydrogen-bond donors (Lipinski definition) is 3. The van der Waals surface area contributed by atoms with Crippen LogP contribution in [-0.4, -0.2) is 55.0 Å². The highest BCUT2D eigenvalue weighted by molar-refractivity contribution is 7.89. The fourth-order valence-corrected chi connectivity index (χ4v) is 7.54. The maximum Gasteiger partial charge on any atom is 0.250 e. The molecule has 1 amide bonds. The largest absolute Gasteiger partial charge is 0.366 e. The van der Waals surface area contributed by atoms with Gasteiger partial charge in [-0.3, -0.25) is 4.79 Å². The van der Waals surface area contributed by atoms with Crippen LogP contribution in [0.1, 0.15) is 60.4 Å². The molecule has 182 valence electrons. The molecule has 5 rings (SSSR count). The molecule has 1 aliphatic heterocycles. The SMILES string of the molecule is NC(=O)c1cc(-c2ccsc2)cc2c(C3CCN(S(=O)(=O)CCNC4CCCC4)CC3)c[nH]c12. The zero-order valence-corrected chi connectivity index (χ0v) is 20.9. The minimum absolute atomic E-state index is 0.160. The monoisotopic (exact) mass is 500 g/mol. The summed E-state index contributed by atoms with van der Waals surface area (Å²) in [6.07, 6.45) is 8.27. The van der Waals surface area contributed by atoms with Crippen LogP contribution in [0.15, 0.2) is 35.2 Å². The summed E-state index contributed by atoms with van der Waals surface area (Å²) in [7, 11) is -3.26. The molecule has 0 radical (unpaired) electrons. The van der Waals surface area contributed by atoms with Crippen molar-refractivity contribution in [2.24, 2.45) is 5.73 Å². The molecule has 2 aromatic heterocycles. The Balaban J connectivity index is 1.30. The van der Waals surface area contributed by atoms with E-state index in [1.807, 2.05) is 23.7 Å². The summed E-state index contributed by atoms with van der Waals surface area (Å²) in [6, 6.07) is 6.48. The molecule has 0 bridgehead atoms. The smallest absolute Gasteiger partial charge is 0.250 e. The lowest BCUT2D eigenvalue weighted by atomic mass is 9.88. The van der Waals surface area contributed by atoms with Crippen molar-refractivity contribution in [3.63, 3.8) is 0 Å². The van der Waals surface area contributed by atoms with Crippen molar-refractivity contribution in [1.82, 2.24) is 14.6 Å². The van der Waals surface area contributed by atoms with Gasteiger partial charge in [-0.1, -0.05) is 12.8 Å². The van der Waals surface area contributed by atoms with Crippen LogP contribution in [-0.2, 0) is 10.0 Å². The number of carbonyl (C=O) groups is 1. The Morgan fingerprint density at radius 2 is 1.91 bits per heavy atom. The van der Waals surface area contributed by atoms with E-state index in [1.165, 1.54) is 12.8 Å². The summed E-state index contributed by atoms with van der Waals surface area (Å²) >= 11 is 1.61. The number of H-pyrrole nitrogens is 1. The molecular formula is C25H32N4O3S2. The number of fused-ring (bicyclic) bond motifs is 1. The van der Waals surface area contributed by atoms with Gasteiger partial charge in [0.25, 0.3) is 5.91 Å². The molecule has 4 N–H and O–H groups in total. The van der Waals surface area contributed by atoms with Crippen LogP contribution in [0.4, 0.5) is 0 Å². The molecule has 34 heavy (non-hydrogen) atoms. The fourth-order valence-electron chi connectivity index (χ4n) is 5.48. The van der Waals surface area contributed by atoms with E-state index in [0.29, 0.717) is 31.2 Å². The van der Waals surface area contributed by atoms with E-state index < -0.39 is 15.9 Å². The topological polar surface area (TPSA) is 108 Å². The van der Waals surface area contributed by atoms with Crippen molar-refractivity contribution >= 4 is 38.2 Å². The minimum atomic E-state index is -3.26. The Bertz CT molecular complexity index is 1250. The molecule has 0 unspecified atom stereocenters. The predicted molar refractivity (Wildman–Crippen MR) is 138 cm³/mol. The van der Waals surface area contributed by atoms with Crippen molar-refractivity contribution in [2.45, 2.75) is 50.5 Å². The number of nitrogens with one attached hydrogen (secondary N) is 2. The molecule has 3 heterocycles. The maximum absolute atomic E-state index is 12.9. The average molecular weight is 501 g/mol. The number of amides is 1. The Labute approximate surface area is 204 Å². The number of aromatic amines is 1. The summed E-state index contributed by atoms with van der Waals surface area (Å²) in [5.74, 6) is -0.0642. The minimum Gasteiger partial charge on any atom is -0.366 e. The van der Waals surface area contributed by atoms with Gasteiger partial charge in [0.1, 0.15) is 0 Å². The summed E-state index contributed by atoms with van der Waals surface area (Å²) in [6.45, 7) is 1.57. The zero-order chi connectivity index (χ0) is 23.7. The van der Waals surface area contributed by atoms with E-state index in [9.17, 15) is 13.2 Å². The third-order valence-electron chi connectivity index (χ3n) is 7.38. The highest BCUT2D eigenvalue weighted by Gasteiger charge is 2.30. The fraction of sp³-hybridized carbons (Fsp3) is 0.480. The number of nitrogens with two attached hydrogens (primary N) is 1. The molecule has 2 fully saturated rings. The third kappa shape index (κ3) is 4.79. The van der Waals surface area contributed by atoms with E-state index >= 15 is 0 Å². The van der Waals surface area contributed by atoms with Gasteiger partial charge in [-0.15, -0.1) is 0 Å². The van der Waals surface area contributed by atoms with Gasteiger partial charge >= 0.3 is 0 Å². The molecule has 7 nitrogen and oxygen atoms in total. The van der Waals surface area contributed by atoms with Crippen LogP contribution >= 0.6 is 11.3 Å². The number of carbonyl (C=O) groups excluding carboxylic acids is 1. The van der Waals surface area contributed by atoms with Crippen molar-refractivity contribution in [1.29, 1.82) is 0 Å². The Kier molecular flexibility index (Phi) is 6.79. The van der Waals surface area contributed by atoms with Gasteiger partial charge in [0, 0.05) is 37.3 Å². The van der Waals surface area contributed by atoms with Gasteiger partial charge in [-0.25, -0.2) is 12.7 Å². The van der Waals surface area contributed by atoms with Crippen molar-refractivity contribution in [3.8, 4) is 11.1 Å². The van der Waals surface area contributed by atoms with Crippen molar-refractivity contribution in [2.75, 3.05) is 25.4 Å². The van der Waals surface area contributed by atoms with Gasteiger partial charge in [-0.2, -0.15) is 11.3 Å². The summed E-state index contributed by atoms with van der Waals surface area (Å²) in [5, 5.41) is 8.49. The quantitative estimate of drug-likeness (QED) is 0.434. The van der Waals surface area contributed by atoms with E-state index in [0.717, 1.165) is 53.3 Å². The Morgan fingerprint density at radius 3 is 2.59 bits per heavy atom. The predicted octanol–water partition coefficient (Wildman–Crippen LogP) is 4.04. The number of thiophene rings is 1. The van der Waals surface area contributed by atoms with E-state index in [1.54, 1.807) is 15.6 Å². The van der Waals surface area contributed by atoms with Gasteiger partial charge in [-0.05, 0) is 77.3 Å². The second kappa shape index (κ2) is 9.81.